The van der Waals surface area contributed by atoms with Gasteiger partial charge in [-0.25, -0.2) is 0 Å². The highest BCUT2D eigenvalue weighted by atomic mass is 19.4. The lowest BCUT2D eigenvalue weighted by atomic mass is 10.0. The molecule has 0 saturated heterocycles. The molecule has 0 bridgehead atoms. The van der Waals surface area contributed by atoms with Crippen LogP contribution in [0.5, 0.6) is 0 Å². The van der Waals surface area contributed by atoms with E-state index >= 15 is 0 Å². The van der Waals surface area contributed by atoms with Crippen LogP contribution in [-0.4, -0.2) is 0 Å². The third-order valence-electron chi connectivity index (χ3n) is 3.32. The second-order valence-electron chi connectivity index (χ2n) is 4.78. The van der Waals surface area contributed by atoms with Crippen LogP contribution in [0.1, 0.15) is 23.6 Å². The lowest BCUT2D eigenvalue weighted by molar-refractivity contribution is -0.136. The van der Waals surface area contributed by atoms with Crippen molar-refractivity contribution in [2.24, 2.45) is 0 Å². The van der Waals surface area contributed by atoms with Gasteiger partial charge in [0.25, 0.3) is 0 Å². The summed E-state index contributed by atoms with van der Waals surface area (Å²) in [6.45, 7) is 2.36. The molecule has 21 heavy (non-hydrogen) atoms. The third kappa shape index (κ3) is 3.68. The lowest BCUT2D eigenvalue weighted by Crippen LogP contribution is -2.12. The van der Waals surface area contributed by atoms with Gasteiger partial charge in [0.2, 0.25) is 0 Å². The normalized spacial score (nSPS) is 11.4. The number of nitrogens with one attached hydrogen (secondary N) is 1. The van der Waals surface area contributed by atoms with E-state index in [2.05, 4.69) is 5.32 Å². The van der Waals surface area contributed by atoms with Gasteiger partial charge in [-0.1, -0.05) is 31.2 Å². The lowest BCUT2D eigenvalue weighted by Gasteiger charge is -2.16. The van der Waals surface area contributed by atoms with Crippen molar-refractivity contribution in [2.45, 2.75) is 26.1 Å². The highest BCUT2D eigenvalue weighted by Gasteiger charge is 2.33. The van der Waals surface area contributed by atoms with E-state index in [9.17, 15) is 13.2 Å². The van der Waals surface area contributed by atoms with Gasteiger partial charge in [-0.05, 0) is 35.7 Å². The van der Waals surface area contributed by atoms with Gasteiger partial charge in [-0.3, -0.25) is 0 Å². The highest BCUT2D eigenvalue weighted by molar-refractivity contribution is 5.59. The van der Waals surface area contributed by atoms with E-state index < -0.39 is 11.7 Å². The average molecular weight is 294 g/mol. The first-order valence-corrected chi connectivity index (χ1v) is 6.69. The molecule has 2 nitrogen and oxygen atoms in total. The van der Waals surface area contributed by atoms with Gasteiger partial charge in [0, 0.05) is 17.9 Å². The monoisotopic (exact) mass is 294 g/mol. The summed E-state index contributed by atoms with van der Waals surface area (Å²) >= 11 is 0. The summed E-state index contributed by atoms with van der Waals surface area (Å²) in [6, 6.07) is 11.5. The van der Waals surface area contributed by atoms with E-state index in [-0.39, 0.29) is 11.4 Å². The maximum absolute atomic E-state index is 13.0. The molecule has 0 heterocycles. The van der Waals surface area contributed by atoms with Gasteiger partial charge in [-0.2, -0.15) is 13.2 Å². The first-order valence-electron chi connectivity index (χ1n) is 6.69. The number of nitrogens with two attached hydrogens (primary N) is 1. The minimum absolute atomic E-state index is 0.0441. The molecule has 0 aliphatic rings. The fourth-order valence-corrected chi connectivity index (χ4v) is 2.22. The zero-order valence-electron chi connectivity index (χ0n) is 11.7. The van der Waals surface area contributed by atoms with Crippen LogP contribution in [0.25, 0.3) is 0 Å². The van der Waals surface area contributed by atoms with Crippen LogP contribution in [0.4, 0.5) is 24.5 Å². The van der Waals surface area contributed by atoms with Crippen LogP contribution in [0.3, 0.4) is 0 Å². The highest BCUT2D eigenvalue weighted by Crippen LogP contribution is 2.36. The second kappa shape index (κ2) is 6.08. The number of halogens is 3. The topological polar surface area (TPSA) is 38.0 Å². The van der Waals surface area contributed by atoms with Crippen LogP contribution in [0.15, 0.2) is 42.5 Å². The maximum atomic E-state index is 13.0. The first-order chi connectivity index (χ1) is 9.91. The van der Waals surface area contributed by atoms with Gasteiger partial charge in [0.15, 0.2) is 0 Å². The number of anilines is 2. The quantitative estimate of drug-likeness (QED) is 0.817. The Kier molecular flexibility index (Phi) is 4.40. The molecule has 2 rings (SSSR count). The van der Waals surface area contributed by atoms with Gasteiger partial charge in [0.1, 0.15) is 0 Å². The summed E-state index contributed by atoms with van der Waals surface area (Å²) in [7, 11) is 0. The summed E-state index contributed by atoms with van der Waals surface area (Å²) in [5.74, 6) is 0. The zero-order valence-corrected chi connectivity index (χ0v) is 11.7. The summed E-state index contributed by atoms with van der Waals surface area (Å²) in [5.41, 5.74) is 6.96. The van der Waals surface area contributed by atoms with Crippen molar-refractivity contribution >= 4 is 11.4 Å². The third-order valence-corrected chi connectivity index (χ3v) is 3.32. The average Bonchev–Trinajstić information content (AvgIpc) is 2.45. The maximum Gasteiger partial charge on any atom is 0.418 e. The molecule has 112 valence electrons. The molecule has 0 saturated carbocycles. The molecule has 0 amide bonds. The Labute approximate surface area is 121 Å². The van der Waals surface area contributed by atoms with Gasteiger partial charge < -0.3 is 11.1 Å². The van der Waals surface area contributed by atoms with Crippen molar-refractivity contribution in [3.8, 4) is 0 Å². The van der Waals surface area contributed by atoms with Gasteiger partial charge in [-0.15, -0.1) is 0 Å². The van der Waals surface area contributed by atoms with E-state index in [1.807, 2.05) is 31.2 Å². The van der Waals surface area contributed by atoms with Crippen molar-refractivity contribution in [1.82, 2.24) is 0 Å². The Hall–Kier alpha value is -2.17. The zero-order chi connectivity index (χ0) is 15.5. The Morgan fingerprint density at radius 3 is 2.33 bits per heavy atom. The Morgan fingerprint density at radius 1 is 1.05 bits per heavy atom. The number of hydrogen-bond donors (Lipinski definition) is 2. The minimum Gasteiger partial charge on any atom is -0.399 e. The van der Waals surface area contributed by atoms with E-state index in [4.69, 9.17) is 5.73 Å². The largest absolute Gasteiger partial charge is 0.418 e. The van der Waals surface area contributed by atoms with Crippen LogP contribution >= 0.6 is 0 Å². The van der Waals surface area contributed by atoms with Crippen molar-refractivity contribution < 1.29 is 13.2 Å². The number of rotatable bonds is 4. The summed E-state index contributed by atoms with van der Waals surface area (Å²) in [4.78, 5) is 0. The molecule has 2 aromatic rings. The molecule has 2 aromatic carbocycles. The first kappa shape index (κ1) is 15.2. The number of aryl methyl sites for hydroxylation is 1. The van der Waals surface area contributed by atoms with E-state index in [0.717, 1.165) is 23.6 Å². The number of alkyl halides is 3. The molecule has 0 aliphatic carbocycles. The van der Waals surface area contributed by atoms with Crippen LogP contribution in [0.2, 0.25) is 0 Å². The molecular formula is C16H17F3N2. The molecule has 0 spiro atoms. The molecular weight excluding hydrogens is 277 g/mol. The number of hydrogen-bond acceptors (Lipinski definition) is 2. The number of benzene rings is 2. The fourth-order valence-electron chi connectivity index (χ4n) is 2.22. The van der Waals surface area contributed by atoms with Gasteiger partial charge in [0.05, 0.1) is 5.56 Å². The Bertz CT molecular complexity index is 621. The van der Waals surface area contributed by atoms with Crippen molar-refractivity contribution in [1.29, 1.82) is 0 Å². The molecule has 0 aromatic heterocycles. The van der Waals surface area contributed by atoms with Crippen LogP contribution < -0.4 is 11.1 Å². The van der Waals surface area contributed by atoms with Crippen molar-refractivity contribution in [3.05, 3.63) is 59.2 Å². The summed E-state index contributed by atoms with van der Waals surface area (Å²) in [5, 5.41) is 2.86. The standard InChI is InChI=1S/C16H17F3N2/c1-2-11-5-3-4-6-12(11)10-21-15-8-7-13(20)9-14(15)16(17,18)19/h3-9,21H,2,10,20H2,1H3. The SMILES string of the molecule is CCc1ccccc1CNc1ccc(N)cc1C(F)(F)F. The van der Waals surface area contributed by atoms with Crippen LogP contribution in [-0.2, 0) is 19.1 Å². The van der Waals surface area contributed by atoms with E-state index in [0.29, 0.717) is 6.54 Å². The molecule has 0 aliphatic heterocycles. The fraction of sp³-hybridized carbons (Fsp3) is 0.250. The van der Waals surface area contributed by atoms with Gasteiger partial charge >= 0.3 is 6.18 Å². The van der Waals surface area contributed by atoms with Crippen molar-refractivity contribution in [3.63, 3.8) is 0 Å². The van der Waals surface area contributed by atoms with E-state index in [1.165, 1.54) is 12.1 Å². The predicted molar refractivity (Wildman–Crippen MR) is 79.0 cm³/mol. The van der Waals surface area contributed by atoms with E-state index in [1.54, 1.807) is 0 Å². The van der Waals surface area contributed by atoms with Crippen molar-refractivity contribution in [2.75, 3.05) is 11.1 Å². The Morgan fingerprint density at radius 2 is 1.71 bits per heavy atom. The smallest absolute Gasteiger partial charge is 0.399 e. The van der Waals surface area contributed by atoms with Crippen LogP contribution in [0, 0.1) is 0 Å². The molecule has 0 unspecified atom stereocenters. The Balaban J connectivity index is 2.24. The molecule has 3 N–H and O–H groups in total. The molecule has 0 fully saturated rings. The minimum atomic E-state index is -4.43. The molecule has 0 atom stereocenters. The molecule has 0 radical (unpaired) electrons. The number of nitrogen functional groups attached to an aromatic ring is 1. The summed E-state index contributed by atoms with van der Waals surface area (Å²) in [6.07, 6.45) is -3.59. The molecule has 5 heteroatoms. The second-order valence-corrected chi connectivity index (χ2v) is 4.78. The predicted octanol–water partition coefficient (Wildman–Crippen LogP) is 4.46. The summed E-state index contributed by atoms with van der Waals surface area (Å²) < 4.78 is 39.0.